The van der Waals surface area contributed by atoms with E-state index in [4.69, 9.17) is 9.73 Å². The number of fused-ring (bicyclic) bond motifs is 1. The third-order valence-electron chi connectivity index (χ3n) is 6.05. The first-order valence-corrected chi connectivity index (χ1v) is 12.7. The summed E-state index contributed by atoms with van der Waals surface area (Å²) in [6.45, 7) is 10.3. The second-order valence-electron chi connectivity index (χ2n) is 8.91. The number of nitrogens with zero attached hydrogens (tertiary/aromatic N) is 3. The van der Waals surface area contributed by atoms with Gasteiger partial charge >= 0.3 is 5.97 Å². The van der Waals surface area contributed by atoms with Crippen LogP contribution in [0.4, 0.5) is 0 Å². The van der Waals surface area contributed by atoms with Crippen LogP contribution in [0.2, 0.25) is 0 Å². The summed E-state index contributed by atoms with van der Waals surface area (Å²) in [7, 11) is 0. The van der Waals surface area contributed by atoms with Crippen molar-refractivity contribution in [2.24, 2.45) is 4.99 Å². The number of hydrogen-bond acceptors (Lipinski definition) is 7. The summed E-state index contributed by atoms with van der Waals surface area (Å²) >= 11 is 1.46. The monoisotopic (exact) mass is 502 g/mol. The van der Waals surface area contributed by atoms with Gasteiger partial charge < -0.3 is 15.0 Å². The molecule has 0 saturated heterocycles. The van der Waals surface area contributed by atoms with E-state index in [1.807, 2.05) is 41.5 Å². The lowest BCUT2D eigenvalue weighted by atomic mass is 9.92. The molecule has 0 radical (unpaired) electrons. The highest BCUT2D eigenvalue weighted by atomic mass is 32.2. The number of ether oxygens (including phenoxy) is 1. The SMILES string of the molecule is C=CCOC(=O)C1=C(C)N=C2SC=C(CC(=O)NCc3ccncc3)N2[C@@H]1c1ccc(C(C)C)cc1. The zero-order chi connectivity index (χ0) is 25.7. The maximum Gasteiger partial charge on any atom is 0.338 e. The lowest BCUT2D eigenvalue weighted by molar-refractivity contribution is -0.138. The van der Waals surface area contributed by atoms with Crippen LogP contribution in [0, 0.1) is 0 Å². The van der Waals surface area contributed by atoms with Gasteiger partial charge in [0, 0.05) is 24.6 Å². The van der Waals surface area contributed by atoms with Gasteiger partial charge in [-0.25, -0.2) is 9.79 Å². The van der Waals surface area contributed by atoms with Gasteiger partial charge in [-0.15, -0.1) is 0 Å². The summed E-state index contributed by atoms with van der Waals surface area (Å²) in [4.78, 5) is 36.7. The summed E-state index contributed by atoms with van der Waals surface area (Å²) in [5, 5.41) is 5.64. The van der Waals surface area contributed by atoms with E-state index in [0.717, 1.165) is 22.0 Å². The van der Waals surface area contributed by atoms with Gasteiger partial charge in [0.2, 0.25) is 5.91 Å². The number of esters is 1. The molecule has 2 aliphatic rings. The number of amidine groups is 1. The lowest BCUT2D eigenvalue weighted by Gasteiger charge is -2.36. The number of pyridine rings is 1. The first kappa shape index (κ1) is 25.4. The van der Waals surface area contributed by atoms with Crippen LogP contribution in [0.5, 0.6) is 0 Å². The Morgan fingerprint density at radius 3 is 2.58 bits per heavy atom. The van der Waals surface area contributed by atoms with Crippen LogP contribution in [-0.4, -0.2) is 33.5 Å². The van der Waals surface area contributed by atoms with Crippen molar-refractivity contribution < 1.29 is 14.3 Å². The van der Waals surface area contributed by atoms with Crippen molar-refractivity contribution in [1.82, 2.24) is 15.2 Å². The minimum Gasteiger partial charge on any atom is -0.458 e. The van der Waals surface area contributed by atoms with E-state index in [-0.39, 0.29) is 18.9 Å². The first-order valence-electron chi connectivity index (χ1n) is 11.9. The molecule has 0 unspecified atom stereocenters. The number of aromatic nitrogens is 1. The average Bonchev–Trinajstić information content (AvgIpc) is 3.27. The molecule has 8 heteroatoms. The maximum absolute atomic E-state index is 13.2. The van der Waals surface area contributed by atoms with E-state index < -0.39 is 12.0 Å². The van der Waals surface area contributed by atoms with Crippen molar-refractivity contribution in [1.29, 1.82) is 0 Å². The highest BCUT2D eigenvalue weighted by Crippen LogP contribution is 2.45. The number of amides is 1. The van der Waals surface area contributed by atoms with E-state index in [9.17, 15) is 9.59 Å². The van der Waals surface area contributed by atoms with E-state index in [2.05, 4.69) is 42.9 Å². The standard InChI is InChI=1S/C28H30N4O3S/c1-5-14-35-27(34)25-19(4)31-28-32(26(25)22-8-6-21(7-9-22)18(2)3)23(17-36-28)15-24(33)30-16-20-10-12-29-13-11-20/h5-13,17-18,26H,1,14-16H2,2-4H3,(H,30,33)/t26-/m1/s1. The van der Waals surface area contributed by atoms with Gasteiger partial charge in [0.05, 0.1) is 23.7 Å². The maximum atomic E-state index is 13.2. The topological polar surface area (TPSA) is 83.9 Å². The quantitative estimate of drug-likeness (QED) is 0.374. The molecule has 2 aliphatic heterocycles. The average molecular weight is 503 g/mol. The second kappa shape index (κ2) is 11.4. The van der Waals surface area contributed by atoms with Crippen LogP contribution < -0.4 is 5.32 Å². The summed E-state index contributed by atoms with van der Waals surface area (Å²) in [6.07, 6.45) is 5.10. The molecule has 1 atom stereocenters. The summed E-state index contributed by atoms with van der Waals surface area (Å²) in [6, 6.07) is 11.5. The van der Waals surface area contributed by atoms with Gasteiger partial charge in [0.1, 0.15) is 6.61 Å². The number of aliphatic imine (C=N–C) groups is 1. The van der Waals surface area contributed by atoms with E-state index in [1.165, 1.54) is 17.3 Å². The normalized spacial score (nSPS) is 16.9. The zero-order valence-corrected chi connectivity index (χ0v) is 21.5. The molecule has 1 N–H and O–H groups in total. The van der Waals surface area contributed by atoms with Crippen molar-refractivity contribution in [3.05, 3.63) is 101 Å². The molecular formula is C28H30N4O3S. The third-order valence-corrected chi connectivity index (χ3v) is 6.94. The smallest absolute Gasteiger partial charge is 0.338 e. The van der Waals surface area contributed by atoms with Gasteiger partial charge in [0.15, 0.2) is 5.17 Å². The van der Waals surface area contributed by atoms with E-state index in [0.29, 0.717) is 23.7 Å². The predicted octanol–water partition coefficient (Wildman–Crippen LogP) is 5.22. The lowest BCUT2D eigenvalue weighted by Crippen LogP contribution is -2.38. The molecule has 3 heterocycles. The van der Waals surface area contributed by atoms with Gasteiger partial charge in [-0.1, -0.05) is 62.5 Å². The number of nitrogens with one attached hydrogen (secondary N) is 1. The Kier molecular flexibility index (Phi) is 8.05. The summed E-state index contributed by atoms with van der Waals surface area (Å²) < 4.78 is 5.45. The fourth-order valence-electron chi connectivity index (χ4n) is 4.15. The number of carbonyl (C=O) groups is 2. The molecule has 2 aromatic rings. The number of rotatable bonds is 9. The van der Waals surface area contributed by atoms with Crippen LogP contribution in [0.3, 0.4) is 0 Å². The molecule has 0 saturated carbocycles. The van der Waals surface area contributed by atoms with Crippen molar-refractivity contribution in [3.63, 3.8) is 0 Å². The molecule has 186 valence electrons. The fraction of sp³-hybridized carbons (Fsp3) is 0.286. The molecule has 7 nitrogen and oxygen atoms in total. The minimum absolute atomic E-state index is 0.111. The molecule has 0 bridgehead atoms. The van der Waals surface area contributed by atoms with Gasteiger partial charge in [0.25, 0.3) is 0 Å². The first-order chi connectivity index (χ1) is 17.4. The fourth-order valence-corrected chi connectivity index (χ4v) is 5.11. The number of hydrogen-bond donors (Lipinski definition) is 1. The van der Waals surface area contributed by atoms with Gasteiger partial charge in [-0.3, -0.25) is 9.78 Å². The Bertz CT molecular complexity index is 1230. The Labute approximate surface area is 216 Å². The number of benzene rings is 1. The Morgan fingerprint density at radius 2 is 1.92 bits per heavy atom. The van der Waals surface area contributed by atoms with Crippen LogP contribution in [0.15, 0.2) is 88.8 Å². The second-order valence-corrected chi connectivity index (χ2v) is 9.75. The van der Waals surface area contributed by atoms with Crippen molar-refractivity contribution in [2.45, 2.75) is 45.7 Å². The molecule has 1 aromatic heterocycles. The molecule has 1 amide bonds. The number of carbonyl (C=O) groups excluding carboxylic acids is 2. The van der Waals surface area contributed by atoms with Crippen LogP contribution in [0.1, 0.15) is 55.8 Å². The molecular weight excluding hydrogens is 472 g/mol. The van der Waals surface area contributed by atoms with Crippen LogP contribution in [-0.2, 0) is 20.9 Å². The molecule has 4 rings (SSSR count). The highest BCUT2D eigenvalue weighted by Gasteiger charge is 2.41. The van der Waals surface area contributed by atoms with Crippen molar-refractivity contribution in [3.8, 4) is 0 Å². The van der Waals surface area contributed by atoms with Crippen LogP contribution in [0.25, 0.3) is 0 Å². The van der Waals surface area contributed by atoms with E-state index in [1.54, 1.807) is 18.5 Å². The molecule has 1 aromatic carbocycles. The predicted molar refractivity (Wildman–Crippen MR) is 143 cm³/mol. The Morgan fingerprint density at radius 1 is 1.19 bits per heavy atom. The van der Waals surface area contributed by atoms with Gasteiger partial charge in [-0.05, 0) is 47.1 Å². The minimum atomic E-state index is -0.453. The Hall–Kier alpha value is -3.65. The third kappa shape index (κ3) is 5.60. The largest absolute Gasteiger partial charge is 0.458 e. The summed E-state index contributed by atoms with van der Waals surface area (Å²) in [5.41, 5.74) is 4.97. The van der Waals surface area contributed by atoms with E-state index >= 15 is 0 Å². The summed E-state index contributed by atoms with van der Waals surface area (Å²) in [5.74, 6) is -0.166. The van der Waals surface area contributed by atoms with Gasteiger partial charge in [-0.2, -0.15) is 0 Å². The molecule has 0 fully saturated rings. The van der Waals surface area contributed by atoms with Crippen LogP contribution >= 0.6 is 11.8 Å². The van der Waals surface area contributed by atoms with Crippen molar-refractivity contribution >= 4 is 28.8 Å². The highest BCUT2D eigenvalue weighted by molar-refractivity contribution is 8.16. The Balaban J connectivity index is 1.62. The number of allylic oxidation sites excluding steroid dienone is 1. The zero-order valence-electron chi connectivity index (χ0n) is 20.7. The molecule has 0 aliphatic carbocycles. The molecule has 0 spiro atoms. The molecule has 36 heavy (non-hydrogen) atoms. The van der Waals surface area contributed by atoms with Crippen molar-refractivity contribution in [2.75, 3.05) is 6.61 Å². The number of thioether (sulfide) groups is 1.